The second kappa shape index (κ2) is 6.95. The zero-order valence-corrected chi connectivity index (χ0v) is 12.5. The van der Waals surface area contributed by atoms with Crippen LogP contribution in [0.2, 0.25) is 0 Å². The molecule has 1 amide bonds. The molecule has 24 heavy (non-hydrogen) atoms. The molecule has 0 spiro atoms. The number of hydrogen-bond donors (Lipinski definition) is 1. The van der Waals surface area contributed by atoms with Crippen LogP contribution in [0.25, 0.3) is 11.4 Å². The number of aromatic nitrogens is 2. The Labute approximate surface area is 137 Å². The summed E-state index contributed by atoms with van der Waals surface area (Å²) in [5.41, 5.74) is 1.45. The van der Waals surface area contributed by atoms with Gasteiger partial charge in [-0.3, -0.25) is 4.79 Å². The topological polar surface area (TPSA) is 54.9 Å². The Bertz CT molecular complexity index is 832. The highest BCUT2D eigenvalue weighted by Gasteiger charge is 2.09. The van der Waals surface area contributed by atoms with Gasteiger partial charge in [-0.1, -0.05) is 30.3 Å². The molecule has 0 bridgehead atoms. The summed E-state index contributed by atoms with van der Waals surface area (Å²) in [5.74, 6) is -1.27. The summed E-state index contributed by atoms with van der Waals surface area (Å²) in [4.78, 5) is 20.4. The van der Waals surface area contributed by atoms with E-state index in [1.807, 2.05) is 30.3 Å². The fraction of sp³-hybridized carbons (Fsp3) is 0.0556. The van der Waals surface area contributed by atoms with Gasteiger partial charge in [0.15, 0.2) is 5.82 Å². The number of rotatable bonds is 4. The van der Waals surface area contributed by atoms with Crippen molar-refractivity contribution in [2.24, 2.45) is 0 Å². The lowest BCUT2D eigenvalue weighted by Crippen LogP contribution is -2.23. The summed E-state index contributed by atoms with van der Waals surface area (Å²) in [5, 5.41) is 2.58. The monoisotopic (exact) mass is 325 g/mol. The molecule has 0 radical (unpaired) electrons. The van der Waals surface area contributed by atoms with Gasteiger partial charge in [0.1, 0.15) is 11.6 Å². The highest BCUT2D eigenvalue weighted by atomic mass is 19.1. The molecule has 6 heteroatoms. The van der Waals surface area contributed by atoms with Crippen molar-refractivity contribution < 1.29 is 13.6 Å². The van der Waals surface area contributed by atoms with Gasteiger partial charge in [0.05, 0.1) is 5.56 Å². The molecule has 1 heterocycles. The number of benzene rings is 2. The molecule has 1 N–H and O–H groups in total. The molecule has 120 valence electrons. The van der Waals surface area contributed by atoms with E-state index in [0.717, 1.165) is 11.6 Å². The predicted molar refractivity (Wildman–Crippen MR) is 85.0 cm³/mol. The quantitative estimate of drug-likeness (QED) is 0.800. The van der Waals surface area contributed by atoms with E-state index in [4.69, 9.17) is 0 Å². The molecule has 1 aromatic heterocycles. The lowest BCUT2D eigenvalue weighted by atomic mass is 10.2. The molecule has 3 aromatic rings. The Hall–Kier alpha value is -3.15. The number of halogens is 2. The summed E-state index contributed by atoms with van der Waals surface area (Å²) in [7, 11) is 0. The third kappa shape index (κ3) is 3.78. The molecule has 0 aliphatic carbocycles. The van der Waals surface area contributed by atoms with Crippen molar-refractivity contribution >= 4 is 5.91 Å². The number of carbonyl (C=O) groups excluding carboxylic acids is 1. The van der Waals surface area contributed by atoms with Gasteiger partial charge in [-0.25, -0.2) is 18.7 Å². The lowest BCUT2D eigenvalue weighted by Gasteiger charge is -2.06. The molecule has 0 aliphatic heterocycles. The number of hydrogen-bond acceptors (Lipinski definition) is 3. The van der Waals surface area contributed by atoms with Gasteiger partial charge in [0.25, 0.3) is 5.91 Å². The van der Waals surface area contributed by atoms with E-state index >= 15 is 0 Å². The zero-order chi connectivity index (χ0) is 16.9. The van der Waals surface area contributed by atoms with Gasteiger partial charge in [0, 0.05) is 30.6 Å². The van der Waals surface area contributed by atoms with Crippen molar-refractivity contribution in [1.29, 1.82) is 0 Å². The molecule has 0 fully saturated rings. The Balaban J connectivity index is 1.67. The zero-order valence-electron chi connectivity index (χ0n) is 12.5. The minimum Gasteiger partial charge on any atom is -0.348 e. The van der Waals surface area contributed by atoms with Crippen molar-refractivity contribution in [3.63, 3.8) is 0 Å². The van der Waals surface area contributed by atoms with Gasteiger partial charge < -0.3 is 5.32 Å². The van der Waals surface area contributed by atoms with Crippen LogP contribution in [0.4, 0.5) is 8.78 Å². The first-order valence-electron chi connectivity index (χ1n) is 7.22. The second-order valence-electron chi connectivity index (χ2n) is 5.12. The molecular formula is C18H13F2N3O. The summed E-state index contributed by atoms with van der Waals surface area (Å²) >= 11 is 0. The Kier molecular flexibility index (Phi) is 4.56. The van der Waals surface area contributed by atoms with E-state index in [2.05, 4.69) is 15.3 Å². The Morgan fingerprint density at radius 1 is 0.958 bits per heavy atom. The molecule has 0 saturated carbocycles. The lowest BCUT2D eigenvalue weighted by molar-refractivity contribution is 0.0950. The summed E-state index contributed by atoms with van der Waals surface area (Å²) in [6, 6.07) is 12.5. The maximum Gasteiger partial charge on any atom is 0.254 e. The van der Waals surface area contributed by atoms with Crippen LogP contribution in [0.5, 0.6) is 0 Å². The van der Waals surface area contributed by atoms with E-state index in [0.29, 0.717) is 11.4 Å². The van der Waals surface area contributed by atoms with Gasteiger partial charge >= 0.3 is 0 Å². The van der Waals surface area contributed by atoms with Crippen LogP contribution in [0.1, 0.15) is 15.9 Å². The van der Waals surface area contributed by atoms with Crippen LogP contribution in [0.15, 0.2) is 60.9 Å². The highest BCUT2D eigenvalue weighted by molar-refractivity contribution is 5.93. The van der Waals surface area contributed by atoms with Crippen LogP contribution >= 0.6 is 0 Å². The first-order valence-corrected chi connectivity index (χ1v) is 7.22. The maximum absolute atomic E-state index is 13.1. The highest BCUT2D eigenvalue weighted by Crippen LogP contribution is 2.13. The third-order valence-corrected chi connectivity index (χ3v) is 3.32. The van der Waals surface area contributed by atoms with Gasteiger partial charge in [-0.2, -0.15) is 0 Å². The summed E-state index contributed by atoms with van der Waals surface area (Å²) in [6.07, 6.45) is 2.83. The van der Waals surface area contributed by atoms with E-state index < -0.39 is 17.5 Å². The van der Waals surface area contributed by atoms with Crippen LogP contribution in [0.3, 0.4) is 0 Å². The molecular weight excluding hydrogens is 312 g/mol. The summed E-state index contributed by atoms with van der Waals surface area (Å²) in [6.45, 7) is 0.00789. The Morgan fingerprint density at radius 2 is 1.58 bits per heavy atom. The molecule has 3 rings (SSSR count). The number of carbonyl (C=O) groups is 1. The average molecular weight is 325 g/mol. The fourth-order valence-corrected chi connectivity index (χ4v) is 2.18. The van der Waals surface area contributed by atoms with Crippen LogP contribution in [-0.4, -0.2) is 15.9 Å². The van der Waals surface area contributed by atoms with Crippen molar-refractivity contribution in [1.82, 2.24) is 15.3 Å². The van der Waals surface area contributed by atoms with E-state index in [9.17, 15) is 13.6 Å². The summed E-state index contributed by atoms with van der Waals surface area (Å²) < 4.78 is 26.2. The van der Waals surface area contributed by atoms with E-state index in [1.54, 1.807) is 0 Å². The minimum absolute atomic E-state index is 0.00789. The second-order valence-corrected chi connectivity index (χ2v) is 5.12. The molecule has 0 saturated heterocycles. The van der Waals surface area contributed by atoms with Crippen molar-refractivity contribution in [3.8, 4) is 11.4 Å². The Morgan fingerprint density at radius 3 is 2.21 bits per heavy atom. The van der Waals surface area contributed by atoms with Crippen molar-refractivity contribution in [2.75, 3.05) is 0 Å². The van der Waals surface area contributed by atoms with Gasteiger partial charge in [-0.15, -0.1) is 0 Å². The van der Waals surface area contributed by atoms with E-state index in [-0.39, 0.29) is 12.1 Å². The SMILES string of the molecule is O=C(NCc1cc(F)cc(F)c1)c1cnc(-c2ccccc2)nc1. The predicted octanol–water partition coefficient (Wildman–Crippen LogP) is 3.35. The van der Waals surface area contributed by atoms with Crippen LogP contribution < -0.4 is 5.32 Å². The smallest absolute Gasteiger partial charge is 0.254 e. The van der Waals surface area contributed by atoms with Gasteiger partial charge in [-0.05, 0) is 17.7 Å². The molecule has 0 atom stereocenters. The third-order valence-electron chi connectivity index (χ3n) is 3.32. The average Bonchev–Trinajstić information content (AvgIpc) is 2.60. The molecule has 0 unspecified atom stereocenters. The molecule has 4 nitrogen and oxygen atoms in total. The first-order chi connectivity index (χ1) is 11.6. The molecule has 2 aromatic carbocycles. The number of nitrogens with one attached hydrogen (secondary N) is 1. The van der Waals surface area contributed by atoms with Crippen LogP contribution in [-0.2, 0) is 6.54 Å². The fourth-order valence-electron chi connectivity index (χ4n) is 2.18. The number of nitrogens with zero attached hydrogens (tertiary/aromatic N) is 2. The van der Waals surface area contributed by atoms with Crippen molar-refractivity contribution in [2.45, 2.75) is 6.54 Å². The molecule has 0 aliphatic rings. The standard InChI is InChI=1S/C18H13F2N3O/c19-15-6-12(7-16(20)8-15)9-23-18(24)14-10-21-17(22-11-14)13-4-2-1-3-5-13/h1-8,10-11H,9H2,(H,23,24). The van der Waals surface area contributed by atoms with Crippen molar-refractivity contribution in [3.05, 3.63) is 83.7 Å². The number of amides is 1. The van der Waals surface area contributed by atoms with E-state index in [1.165, 1.54) is 24.5 Å². The normalized spacial score (nSPS) is 10.4. The largest absolute Gasteiger partial charge is 0.348 e. The van der Waals surface area contributed by atoms with Gasteiger partial charge in [0.2, 0.25) is 0 Å². The minimum atomic E-state index is -0.685. The first kappa shape index (κ1) is 15.7. The maximum atomic E-state index is 13.1. The van der Waals surface area contributed by atoms with Crippen LogP contribution in [0, 0.1) is 11.6 Å².